The first-order valence-corrected chi connectivity index (χ1v) is 10.4. The van der Waals surface area contributed by atoms with E-state index in [2.05, 4.69) is 4.74 Å². The number of esters is 2. The van der Waals surface area contributed by atoms with Crippen molar-refractivity contribution in [1.29, 1.82) is 0 Å². The van der Waals surface area contributed by atoms with Crippen LogP contribution in [0.3, 0.4) is 0 Å². The Labute approximate surface area is 168 Å². The van der Waals surface area contributed by atoms with Crippen LogP contribution in [0.15, 0.2) is 53.4 Å². The molecule has 1 saturated heterocycles. The Bertz CT molecular complexity index is 989. The Morgan fingerprint density at radius 1 is 1.07 bits per heavy atom. The lowest BCUT2D eigenvalue weighted by molar-refractivity contribution is -0.140. The number of sulfonamides is 1. The van der Waals surface area contributed by atoms with Gasteiger partial charge in [-0.25, -0.2) is 17.6 Å². The highest BCUT2D eigenvalue weighted by molar-refractivity contribution is 7.89. The zero-order valence-electron chi connectivity index (χ0n) is 15.7. The summed E-state index contributed by atoms with van der Waals surface area (Å²) in [7, 11) is -2.56. The number of methoxy groups -OCH3 is 1. The van der Waals surface area contributed by atoms with Crippen LogP contribution in [0.2, 0.25) is 0 Å². The minimum Gasteiger partial charge on any atom is -0.465 e. The molecule has 1 atom stereocenters. The summed E-state index contributed by atoms with van der Waals surface area (Å²) in [6, 6.07) is 10.5. The van der Waals surface area contributed by atoms with Crippen LogP contribution in [-0.4, -0.2) is 44.9 Å². The van der Waals surface area contributed by atoms with Crippen molar-refractivity contribution in [1.82, 2.24) is 4.31 Å². The van der Waals surface area contributed by atoms with Crippen LogP contribution in [0.5, 0.6) is 5.75 Å². The molecule has 1 fully saturated rings. The lowest BCUT2D eigenvalue weighted by atomic mass is 10.00. The van der Waals surface area contributed by atoms with Crippen molar-refractivity contribution in [3.05, 3.63) is 59.9 Å². The molecule has 2 aromatic rings. The standard InChI is InChI=1S/C20H20FNO6S/c1-27-19(23)14-4-8-17(9-5-14)28-20(24)15-3-2-12-22(13-15)29(25,26)18-10-6-16(21)7-11-18/h4-11,15H,2-3,12-13H2,1H3. The van der Waals surface area contributed by atoms with Crippen molar-refractivity contribution < 1.29 is 31.9 Å². The van der Waals surface area contributed by atoms with Crippen LogP contribution < -0.4 is 4.74 Å². The number of nitrogens with zero attached hydrogens (tertiary/aromatic N) is 1. The molecule has 7 nitrogen and oxygen atoms in total. The van der Waals surface area contributed by atoms with Gasteiger partial charge in [-0.3, -0.25) is 4.79 Å². The fourth-order valence-electron chi connectivity index (χ4n) is 3.09. The summed E-state index contributed by atoms with van der Waals surface area (Å²) in [4.78, 5) is 23.9. The quantitative estimate of drug-likeness (QED) is 0.545. The van der Waals surface area contributed by atoms with Crippen molar-refractivity contribution in [3.63, 3.8) is 0 Å². The van der Waals surface area contributed by atoms with E-state index in [4.69, 9.17) is 4.74 Å². The summed E-state index contributed by atoms with van der Waals surface area (Å²) in [6.07, 6.45) is 0.996. The van der Waals surface area contributed by atoms with E-state index in [9.17, 15) is 22.4 Å². The summed E-state index contributed by atoms with van der Waals surface area (Å²) in [5.41, 5.74) is 0.321. The van der Waals surface area contributed by atoms with E-state index in [0.717, 1.165) is 12.1 Å². The van der Waals surface area contributed by atoms with Gasteiger partial charge in [-0.1, -0.05) is 0 Å². The molecule has 0 saturated carbocycles. The summed E-state index contributed by atoms with van der Waals surface area (Å²) >= 11 is 0. The normalized spacial score (nSPS) is 17.5. The van der Waals surface area contributed by atoms with Crippen molar-refractivity contribution in [3.8, 4) is 5.75 Å². The number of hydrogen-bond acceptors (Lipinski definition) is 6. The second-order valence-electron chi connectivity index (χ2n) is 6.59. The van der Waals surface area contributed by atoms with Crippen LogP contribution in [0, 0.1) is 11.7 Å². The third-order valence-corrected chi connectivity index (χ3v) is 6.54. The molecule has 2 aromatic carbocycles. The van der Waals surface area contributed by atoms with Gasteiger partial charge in [0, 0.05) is 13.1 Å². The third-order valence-electron chi connectivity index (χ3n) is 4.66. The summed E-state index contributed by atoms with van der Waals surface area (Å²) in [5, 5.41) is 0. The van der Waals surface area contributed by atoms with Gasteiger partial charge in [-0.2, -0.15) is 4.31 Å². The minimum atomic E-state index is -3.83. The first kappa shape index (κ1) is 20.9. The average Bonchev–Trinajstić information content (AvgIpc) is 2.74. The zero-order chi connectivity index (χ0) is 21.0. The van der Waals surface area contributed by atoms with E-state index in [1.807, 2.05) is 0 Å². The molecule has 0 aromatic heterocycles. The molecule has 3 rings (SSSR count). The van der Waals surface area contributed by atoms with Gasteiger partial charge in [0.25, 0.3) is 0 Å². The predicted molar refractivity (Wildman–Crippen MR) is 101 cm³/mol. The number of ether oxygens (including phenoxy) is 2. The van der Waals surface area contributed by atoms with Gasteiger partial charge >= 0.3 is 11.9 Å². The smallest absolute Gasteiger partial charge is 0.337 e. The fraction of sp³-hybridized carbons (Fsp3) is 0.300. The van der Waals surface area contributed by atoms with E-state index in [1.165, 1.54) is 47.8 Å². The van der Waals surface area contributed by atoms with Crippen LogP contribution in [-0.2, 0) is 19.6 Å². The molecular formula is C20H20FNO6S. The molecule has 1 aliphatic heterocycles. The Balaban J connectivity index is 1.67. The molecule has 0 spiro atoms. The van der Waals surface area contributed by atoms with Crippen LogP contribution in [0.4, 0.5) is 4.39 Å². The molecule has 0 bridgehead atoms. The first-order chi connectivity index (χ1) is 13.8. The highest BCUT2D eigenvalue weighted by atomic mass is 32.2. The van der Waals surface area contributed by atoms with E-state index >= 15 is 0 Å². The number of benzene rings is 2. The second kappa shape index (κ2) is 8.71. The summed E-state index contributed by atoms with van der Waals surface area (Å²) in [6.45, 7) is 0.260. The molecule has 0 aliphatic carbocycles. The van der Waals surface area contributed by atoms with Gasteiger partial charge in [0.05, 0.1) is 23.5 Å². The van der Waals surface area contributed by atoms with Gasteiger partial charge in [-0.15, -0.1) is 0 Å². The molecule has 0 amide bonds. The molecule has 29 heavy (non-hydrogen) atoms. The van der Waals surface area contributed by atoms with Crippen molar-refractivity contribution >= 4 is 22.0 Å². The number of hydrogen-bond donors (Lipinski definition) is 0. The van der Waals surface area contributed by atoms with Crippen LogP contribution in [0.1, 0.15) is 23.2 Å². The first-order valence-electron chi connectivity index (χ1n) is 8.97. The molecule has 0 N–H and O–H groups in total. The van der Waals surface area contributed by atoms with Crippen molar-refractivity contribution in [2.24, 2.45) is 5.92 Å². The van der Waals surface area contributed by atoms with Gasteiger partial charge < -0.3 is 9.47 Å². The molecule has 154 valence electrons. The van der Waals surface area contributed by atoms with Crippen LogP contribution >= 0.6 is 0 Å². The molecule has 1 heterocycles. The van der Waals surface area contributed by atoms with Crippen LogP contribution in [0.25, 0.3) is 0 Å². The maximum atomic E-state index is 13.1. The maximum Gasteiger partial charge on any atom is 0.337 e. The largest absolute Gasteiger partial charge is 0.465 e. The van der Waals surface area contributed by atoms with E-state index in [-0.39, 0.29) is 23.7 Å². The monoisotopic (exact) mass is 421 g/mol. The number of rotatable bonds is 5. The summed E-state index contributed by atoms with van der Waals surface area (Å²) < 4.78 is 49.8. The number of piperidine rings is 1. The van der Waals surface area contributed by atoms with Gasteiger partial charge in [0.1, 0.15) is 11.6 Å². The zero-order valence-corrected chi connectivity index (χ0v) is 16.5. The average molecular weight is 421 g/mol. The van der Waals surface area contributed by atoms with Crippen molar-refractivity contribution in [2.45, 2.75) is 17.7 Å². The maximum absolute atomic E-state index is 13.1. The highest BCUT2D eigenvalue weighted by Gasteiger charge is 2.34. The third kappa shape index (κ3) is 4.80. The molecule has 9 heteroatoms. The molecule has 1 aliphatic rings. The second-order valence-corrected chi connectivity index (χ2v) is 8.53. The predicted octanol–water partition coefficient (Wildman–Crippen LogP) is 2.62. The highest BCUT2D eigenvalue weighted by Crippen LogP contribution is 2.25. The van der Waals surface area contributed by atoms with Crippen molar-refractivity contribution in [2.75, 3.05) is 20.2 Å². The van der Waals surface area contributed by atoms with Gasteiger partial charge in [0.15, 0.2) is 0 Å². The molecular weight excluding hydrogens is 401 g/mol. The Kier molecular flexibility index (Phi) is 6.29. The lowest BCUT2D eigenvalue weighted by Gasteiger charge is -2.30. The Morgan fingerprint density at radius 2 is 1.72 bits per heavy atom. The molecule has 1 unspecified atom stereocenters. The number of carbonyl (C=O) groups excluding carboxylic acids is 2. The van der Waals surface area contributed by atoms with E-state index < -0.39 is 33.7 Å². The molecule has 0 radical (unpaired) electrons. The topological polar surface area (TPSA) is 90.0 Å². The minimum absolute atomic E-state index is 0.0151. The summed E-state index contributed by atoms with van der Waals surface area (Å²) in [5.74, 6) is -1.95. The number of halogens is 1. The Hall–Kier alpha value is -2.78. The van der Waals surface area contributed by atoms with Gasteiger partial charge in [0.2, 0.25) is 10.0 Å². The fourth-order valence-corrected chi connectivity index (χ4v) is 4.61. The van der Waals surface area contributed by atoms with Gasteiger partial charge in [-0.05, 0) is 61.4 Å². The lowest BCUT2D eigenvalue weighted by Crippen LogP contribution is -2.43. The Morgan fingerprint density at radius 3 is 2.34 bits per heavy atom. The van der Waals surface area contributed by atoms with E-state index in [1.54, 1.807) is 0 Å². The SMILES string of the molecule is COC(=O)c1ccc(OC(=O)C2CCCN(S(=O)(=O)c3ccc(F)cc3)C2)cc1. The van der Waals surface area contributed by atoms with E-state index in [0.29, 0.717) is 18.4 Å². The number of carbonyl (C=O) groups is 2.